The van der Waals surface area contributed by atoms with Gasteiger partial charge in [0.25, 0.3) is 5.69 Å². The molecule has 0 aliphatic heterocycles. The van der Waals surface area contributed by atoms with Crippen molar-refractivity contribution in [2.45, 2.75) is 33.6 Å². The average molecular weight is 301 g/mol. The van der Waals surface area contributed by atoms with Crippen molar-refractivity contribution in [1.29, 1.82) is 0 Å². The van der Waals surface area contributed by atoms with Crippen molar-refractivity contribution in [2.24, 2.45) is 21.8 Å². The molecule has 0 aromatic heterocycles. The zero-order valence-corrected chi connectivity index (χ0v) is 12.9. The number of hydrogen-bond acceptors (Lipinski definition) is 5. The Morgan fingerprint density at radius 1 is 1.27 bits per heavy atom. The van der Waals surface area contributed by atoms with E-state index < -0.39 is 4.92 Å². The maximum Gasteiger partial charge on any atom is 0.269 e. The highest BCUT2D eigenvalue weighted by atomic mass is 16.6. The van der Waals surface area contributed by atoms with Crippen molar-refractivity contribution in [2.75, 3.05) is 5.43 Å². The molecule has 2 saturated carbocycles. The van der Waals surface area contributed by atoms with Crippen molar-refractivity contribution in [1.82, 2.24) is 0 Å². The smallest absolute Gasteiger partial charge is 0.269 e. The number of rotatable bonds is 3. The van der Waals surface area contributed by atoms with Crippen molar-refractivity contribution in [3.05, 3.63) is 34.4 Å². The first-order chi connectivity index (χ1) is 10.3. The summed E-state index contributed by atoms with van der Waals surface area (Å²) in [5, 5.41) is 14.9. The molecule has 0 spiro atoms. The van der Waals surface area contributed by atoms with Crippen LogP contribution in [0.5, 0.6) is 0 Å². The largest absolute Gasteiger partial charge is 0.292 e. The van der Waals surface area contributed by atoms with Crippen LogP contribution < -0.4 is 5.43 Å². The van der Waals surface area contributed by atoms with Crippen LogP contribution in [0, 0.1) is 26.9 Å². The summed E-state index contributed by atoms with van der Waals surface area (Å²) in [7, 11) is 0. The van der Waals surface area contributed by atoms with E-state index in [1.54, 1.807) is 12.1 Å². The number of hydrogen-bond donors (Lipinski definition) is 1. The van der Waals surface area contributed by atoms with Gasteiger partial charge >= 0.3 is 0 Å². The third kappa shape index (κ3) is 1.86. The first kappa shape index (κ1) is 14.7. The van der Waals surface area contributed by atoms with E-state index in [1.165, 1.54) is 12.1 Å². The Balaban J connectivity index is 1.82. The lowest BCUT2D eigenvalue weighted by Crippen LogP contribution is -2.33. The molecular formula is C16H19N3O3. The van der Waals surface area contributed by atoms with Gasteiger partial charge in [-0.1, -0.05) is 20.8 Å². The molecule has 0 radical (unpaired) electrons. The summed E-state index contributed by atoms with van der Waals surface area (Å²) in [5.41, 5.74) is 3.75. The number of carbonyl (C=O) groups excluding carboxylic acids is 1. The van der Waals surface area contributed by atoms with E-state index >= 15 is 0 Å². The molecule has 2 aliphatic carbocycles. The van der Waals surface area contributed by atoms with Gasteiger partial charge in [0.1, 0.15) is 5.71 Å². The molecule has 2 bridgehead atoms. The molecule has 1 aromatic rings. The Labute approximate surface area is 128 Å². The van der Waals surface area contributed by atoms with E-state index in [9.17, 15) is 14.9 Å². The number of nitro groups is 1. The topological polar surface area (TPSA) is 84.6 Å². The van der Waals surface area contributed by atoms with Gasteiger partial charge in [-0.05, 0) is 30.4 Å². The molecule has 0 saturated heterocycles. The fraction of sp³-hybridized carbons (Fsp3) is 0.500. The quantitative estimate of drug-likeness (QED) is 0.685. The molecule has 1 aromatic carbocycles. The summed E-state index contributed by atoms with van der Waals surface area (Å²) in [6, 6.07) is 6.01. The molecule has 6 heteroatoms. The van der Waals surface area contributed by atoms with Crippen LogP contribution in [-0.4, -0.2) is 16.4 Å². The third-order valence-corrected chi connectivity index (χ3v) is 5.67. The second-order valence-corrected chi connectivity index (χ2v) is 6.89. The van der Waals surface area contributed by atoms with Gasteiger partial charge in [-0.3, -0.25) is 20.3 Å². The number of carbonyl (C=O) groups is 1. The highest BCUT2D eigenvalue weighted by molar-refractivity contribution is 6.45. The molecule has 0 amide bonds. The van der Waals surface area contributed by atoms with Crippen molar-refractivity contribution < 1.29 is 9.72 Å². The van der Waals surface area contributed by atoms with Crippen molar-refractivity contribution in [3.63, 3.8) is 0 Å². The molecule has 0 heterocycles. The Bertz CT molecular complexity index is 678. The second-order valence-electron chi connectivity index (χ2n) is 6.89. The Morgan fingerprint density at radius 2 is 1.91 bits per heavy atom. The van der Waals surface area contributed by atoms with E-state index in [1.807, 2.05) is 6.92 Å². The molecule has 3 rings (SSSR count). The summed E-state index contributed by atoms with van der Waals surface area (Å²) < 4.78 is 0. The molecule has 2 atom stereocenters. The van der Waals surface area contributed by atoms with Crippen LogP contribution >= 0.6 is 0 Å². The number of nitro benzene ring substituents is 1. The standard InChI is InChI=1S/C16H19N3O3/c1-15(2)12-8-9-16(15,3)14(20)13(12)18-17-10-4-6-11(7-5-10)19(21)22/h4-7,12,17H,8-9H2,1-3H3/b18-13+/t12-,16+/m0/s1. The van der Waals surface area contributed by atoms with Gasteiger partial charge in [0.2, 0.25) is 0 Å². The molecule has 116 valence electrons. The Hall–Kier alpha value is -2.24. The second kappa shape index (κ2) is 4.63. The minimum absolute atomic E-state index is 0.0304. The number of hydrazone groups is 1. The molecule has 0 unspecified atom stereocenters. The number of fused-ring (bicyclic) bond motifs is 2. The number of ketones is 1. The van der Waals surface area contributed by atoms with E-state index in [2.05, 4.69) is 24.4 Å². The van der Waals surface area contributed by atoms with Crippen LogP contribution in [0.1, 0.15) is 33.6 Å². The van der Waals surface area contributed by atoms with Crippen LogP contribution in [0.3, 0.4) is 0 Å². The minimum Gasteiger partial charge on any atom is -0.292 e. The molecule has 2 aliphatic rings. The van der Waals surface area contributed by atoms with Gasteiger partial charge in [-0.2, -0.15) is 5.10 Å². The van der Waals surface area contributed by atoms with Crippen LogP contribution in [-0.2, 0) is 4.79 Å². The minimum atomic E-state index is -0.446. The van der Waals surface area contributed by atoms with Gasteiger partial charge in [0, 0.05) is 23.5 Å². The normalized spacial score (nSPS) is 30.8. The third-order valence-electron chi connectivity index (χ3n) is 5.67. The zero-order chi connectivity index (χ0) is 16.1. The fourth-order valence-corrected chi connectivity index (χ4v) is 3.74. The summed E-state index contributed by atoms with van der Waals surface area (Å²) in [6.07, 6.45) is 1.90. The molecule has 1 N–H and O–H groups in total. The lowest BCUT2D eigenvalue weighted by molar-refractivity contribution is -0.384. The zero-order valence-electron chi connectivity index (χ0n) is 12.9. The van der Waals surface area contributed by atoms with Crippen LogP contribution in [0.4, 0.5) is 11.4 Å². The van der Waals surface area contributed by atoms with Crippen LogP contribution in [0.25, 0.3) is 0 Å². The molecular weight excluding hydrogens is 282 g/mol. The Kier molecular flexibility index (Phi) is 3.09. The van der Waals surface area contributed by atoms with Gasteiger partial charge in [-0.15, -0.1) is 0 Å². The lowest BCUT2D eigenvalue weighted by atomic mass is 9.70. The van der Waals surface area contributed by atoms with Gasteiger partial charge < -0.3 is 0 Å². The predicted molar refractivity (Wildman–Crippen MR) is 83.8 cm³/mol. The summed E-state index contributed by atoms with van der Waals surface area (Å²) in [6.45, 7) is 6.30. The number of benzene rings is 1. The predicted octanol–water partition coefficient (Wildman–Crippen LogP) is 3.39. The molecule has 2 fully saturated rings. The van der Waals surface area contributed by atoms with Crippen molar-refractivity contribution >= 4 is 22.9 Å². The number of nitrogens with one attached hydrogen (secondary N) is 1. The first-order valence-corrected chi connectivity index (χ1v) is 7.40. The van der Waals surface area contributed by atoms with Gasteiger partial charge in [0.15, 0.2) is 5.78 Å². The van der Waals surface area contributed by atoms with Crippen LogP contribution in [0.15, 0.2) is 29.4 Å². The molecule has 6 nitrogen and oxygen atoms in total. The summed E-state index contributed by atoms with van der Waals surface area (Å²) in [5.74, 6) is 0.304. The maximum atomic E-state index is 12.6. The number of nitrogens with zero attached hydrogens (tertiary/aromatic N) is 2. The highest BCUT2D eigenvalue weighted by Crippen LogP contribution is 2.62. The van der Waals surface area contributed by atoms with Gasteiger partial charge in [0.05, 0.1) is 10.6 Å². The van der Waals surface area contributed by atoms with E-state index in [-0.39, 0.29) is 28.2 Å². The fourth-order valence-electron chi connectivity index (χ4n) is 3.74. The summed E-state index contributed by atoms with van der Waals surface area (Å²) >= 11 is 0. The molecule has 22 heavy (non-hydrogen) atoms. The summed E-state index contributed by atoms with van der Waals surface area (Å²) in [4.78, 5) is 22.8. The van der Waals surface area contributed by atoms with E-state index in [0.29, 0.717) is 11.4 Å². The maximum absolute atomic E-state index is 12.6. The average Bonchev–Trinajstić information content (AvgIpc) is 2.78. The monoisotopic (exact) mass is 301 g/mol. The van der Waals surface area contributed by atoms with E-state index in [0.717, 1.165) is 12.8 Å². The Morgan fingerprint density at radius 3 is 2.41 bits per heavy atom. The SMILES string of the molecule is CC1(C)[C@H]2CC[C@]1(C)C(=O)/C2=N/Nc1ccc([N+](=O)[O-])cc1. The van der Waals surface area contributed by atoms with E-state index in [4.69, 9.17) is 0 Å². The van der Waals surface area contributed by atoms with Crippen molar-refractivity contribution in [3.8, 4) is 0 Å². The van der Waals surface area contributed by atoms with Gasteiger partial charge in [-0.25, -0.2) is 0 Å². The van der Waals surface area contributed by atoms with Crippen LogP contribution in [0.2, 0.25) is 0 Å². The number of non-ortho nitro benzene ring substituents is 1. The highest BCUT2D eigenvalue weighted by Gasteiger charge is 2.65. The first-order valence-electron chi connectivity index (χ1n) is 7.40. The number of anilines is 1. The lowest BCUT2D eigenvalue weighted by Gasteiger charge is -2.31. The number of Topliss-reactive ketones (excluding diaryl/α,β-unsaturated/α-hetero) is 1.